The monoisotopic (exact) mass is 283 g/mol. The first-order valence-electron chi connectivity index (χ1n) is 6.93. The molecule has 0 radical (unpaired) electrons. The molecule has 2 rings (SSSR count). The SMILES string of the molecule is CC1CCCC(CNc2c(F)cc(C(=O)O)cc2F)C1. The molecule has 5 heteroatoms. The van der Waals surface area contributed by atoms with Crippen molar-refractivity contribution in [1.29, 1.82) is 0 Å². The van der Waals surface area contributed by atoms with Crippen molar-refractivity contribution in [2.45, 2.75) is 32.6 Å². The molecule has 0 amide bonds. The number of nitrogens with one attached hydrogen (secondary N) is 1. The number of rotatable bonds is 4. The molecule has 1 aromatic rings. The van der Waals surface area contributed by atoms with Crippen LogP contribution in [-0.2, 0) is 0 Å². The van der Waals surface area contributed by atoms with Crippen molar-refractivity contribution >= 4 is 11.7 Å². The zero-order valence-corrected chi connectivity index (χ0v) is 11.5. The van der Waals surface area contributed by atoms with Crippen LogP contribution in [0.1, 0.15) is 43.0 Å². The molecule has 1 aliphatic carbocycles. The molecule has 1 saturated carbocycles. The summed E-state index contributed by atoms with van der Waals surface area (Å²) in [5, 5.41) is 11.5. The highest BCUT2D eigenvalue weighted by Gasteiger charge is 2.20. The Labute approximate surface area is 117 Å². The Hall–Kier alpha value is -1.65. The maximum absolute atomic E-state index is 13.7. The minimum absolute atomic E-state index is 0.228. The number of hydrogen-bond acceptors (Lipinski definition) is 2. The molecule has 0 saturated heterocycles. The molecule has 0 bridgehead atoms. The average Bonchev–Trinajstić information content (AvgIpc) is 2.37. The Morgan fingerprint density at radius 3 is 2.55 bits per heavy atom. The van der Waals surface area contributed by atoms with Crippen molar-refractivity contribution in [3.05, 3.63) is 29.3 Å². The molecule has 2 unspecified atom stereocenters. The summed E-state index contributed by atoms with van der Waals surface area (Å²) in [7, 11) is 0. The molecule has 20 heavy (non-hydrogen) atoms. The van der Waals surface area contributed by atoms with E-state index in [4.69, 9.17) is 5.11 Å². The predicted octanol–water partition coefficient (Wildman–Crippen LogP) is 3.90. The maximum atomic E-state index is 13.7. The first-order valence-corrected chi connectivity index (χ1v) is 6.93. The lowest BCUT2D eigenvalue weighted by Gasteiger charge is -2.27. The fraction of sp³-hybridized carbons (Fsp3) is 0.533. The minimum atomic E-state index is -1.34. The van der Waals surface area contributed by atoms with Crippen LogP contribution in [0.15, 0.2) is 12.1 Å². The van der Waals surface area contributed by atoms with Crippen molar-refractivity contribution in [3.63, 3.8) is 0 Å². The summed E-state index contributed by atoms with van der Waals surface area (Å²) in [5.74, 6) is -1.98. The molecule has 110 valence electrons. The van der Waals surface area contributed by atoms with Crippen LogP contribution in [0.5, 0.6) is 0 Å². The van der Waals surface area contributed by atoms with Gasteiger partial charge in [-0.15, -0.1) is 0 Å². The predicted molar refractivity (Wildman–Crippen MR) is 72.9 cm³/mol. The molecule has 0 spiro atoms. The Bertz CT molecular complexity index is 482. The maximum Gasteiger partial charge on any atom is 0.335 e. The molecule has 1 fully saturated rings. The standard InChI is InChI=1S/C15H19F2NO2/c1-9-3-2-4-10(5-9)8-18-14-12(16)6-11(15(19)20)7-13(14)17/h6-7,9-10,18H,2-5,8H2,1H3,(H,19,20). The second-order valence-corrected chi connectivity index (χ2v) is 5.64. The molecule has 1 aromatic carbocycles. The third-order valence-electron chi connectivity index (χ3n) is 3.90. The van der Waals surface area contributed by atoms with E-state index >= 15 is 0 Å². The summed E-state index contributed by atoms with van der Waals surface area (Å²) in [6.45, 7) is 2.71. The summed E-state index contributed by atoms with van der Waals surface area (Å²) < 4.78 is 27.5. The summed E-state index contributed by atoms with van der Waals surface area (Å²) in [6, 6.07) is 1.69. The zero-order valence-electron chi connectivity index (χ0n) is 11.5. The summed E-state index contributed by atoms with van der Waals surface area (Å²) >= 11 is 0. The van der Waals surface area contributed by atoms with Gasteiger partial charge in [0.15, 0.2) is 0 Å². The van der Waals surface area contributed by atoms with E-state index in [-0.39, 0.29) is 11.3 Å². The topological polar surface area (TPSA) is 49.3 Å². The van der Waals surface area contributed by atoms with Crippen LogP contribution < -0.4 is 5.32 Å². The van der Waals surface area contributed by atoms with Crippen LogP contribution in [0, 0.1) is 23.5 Å². The molecule has 0 aromatic heterocycles. The molecular formula is C15H19F2NO2. The van der Waals surface area contributed by atoms with Gasteiger partial charge < -0.3 is 10.4 Å². The van der Waals surface area contributed by atoms with Crippen LogP contribution in [0.25, 0.3) is 0 Å². The highest BCUT2D eigenvalue weighted by molar-refractivity contribution is 5.88. The van der Waals surface area contributed by atoms with Crippen molar-refractivity contribution in [3.8, 4) is 0 Å². The molecule has 3 nitrogen and oxygen atoms in total. The highest BCUT2D eigenvalue weighted by Crippen LogP contribution is 2.29. The van der Waals surface area contributed by atoms with Gasteiger partial charge in [-0.3, -0.25) is 0 Å². The molecule has 2 N–H and O–H groups in total. The number of carbonyl (C=O) groups is 1. The Morgan fingerprint density at radius 2 is 2.00 bits per heavy atom. The van der Waals surface area contributed by atoms with Crippen LogP contribution in [0.3, 0.4) is 0 Å². The Kier molecular flexibility index (Phi) is 4.57. The van der Waals surface area contributed by atoms with Gasteiger partial charge in [0, 0.05) is 6.54 Å². The molecule has 2 atom stereocenters. The highest BCUT2D eigenvalue weighted by atomic mass is 19.1. The number of anilines is 1. The largest absolute Gasteiger partial charge is 0.478 e. The smallest absolute Gasteiger partial charge is 0.335 e. The van der Waals surface area contributed by atoms with Crippen molar-refractivity contribution in [2.75, 3.05) is 11.9 Å². The lowest BCUT2D eigenvalue weighted by Crippen LogP contribution is -2.22. The number of aromatic carboxylic acids is 1. The van der Waals surface area contributed by atoms with Gasteiger partial charge in [-0.1, -0.05) is 19.8 Å². The van der Waals surface area contributed by atoms with Gasteiger partial charge in [0.1, 0.15) is 17.3 Å². The van der Waals surface area contributed by atoms with E-state index in [9.17, 15) is 13.6 Å². The van der Waals surface area contributed by atoms with Crippen LogP contribution >= 0.6 is 0 Å². The first kappa shape index (κ1) is 14.8. The molecule has 1 aliphatic rings. The van der Waals surface area contributed by atoms with E-state index in [1.807, 2.05) is 0 Å². The molecule has 0 heterocycles. The number of benzene rings is 1. The van der Waals surface area contributed by atoms with Gasteiger partial charge in [0.25, 0.3) is 0 Å². The van der Waals surface area contributed by atoms with E-state index in [1.54, 1.807) is 0 Å². The second-order valence-electron chi connectivity index (χ2n) is 5.64. The number of halogens is 2. The Morgan fingerprint density at radius 1 is 1.35 bits per heavy atom. The lowest BCUT2D eigenvalue weighted by molar-refractivity contribution is 0.0696. The van der Waals surface area contributed by atoms with Crippen molar-refractivity contribution in [2.24, 2.45) is 11.8 Å². The van der Waals surface area contributed by atoms with E-state index < -0.39 is 17.6 Å². The third-order valence-corrected chi connectivity index (χ3v) is 3.90. The quantitative estimate of drug-likeness (QED) is 0.881. The normalized spacial score (nSPS) is 22.6. The van der Waals surface area contributed by atoms with E-state index in [2.05, 4.69) is 12.2 Å². The fourth-order valence-corrected chi connectivity index (χ4v) is 2.86. The van der Waals surface area contributed by atoms with Gasteiger partial charge in [-0.25, -0.2) is 13.6 Å². The average molecular weight is 283 g/mol. The van der Waals surface area contributed by atoms with Gasteiger partial charge >= 0.3 is 5.97 Å². The number of carboxylic acid groups (broad SMARTS) is 1. The van der Waals surface area contributed by atoms with Crippen LogP contribution in [0.4, 0.5) is 14.5 Å². The third kappa shape index (κ3) is 3.46. The van der Waals surface area contributed by atoms with E-state index in [1.165, 1.54) is 6.42 Å². The van der Waals surface area contributed by atoms with Gasteiger partial charge in [0.2, 0.25) is 0 Å². The van der Waals surface area contributed by atoms with Crippen molar-refractivity contribution < 1.29 is 18.7 Å². The minimum Gasteiger partial charge on any atom is -0.478 e. The molecule has 0 aliphatic heterocycles. The second kappa shape index (κ2) is 6.20. The lowest BCUT2D eigenvalue weighted by atomic mass is 9.82. The summed E-state index contributed by atoms with van der Waals surface area (Å²) in [4.78, 5) is 10.7. The molecular weight excluding hydrogens is 264 g/mol. The number of hydrogen-bond donors (Lipinski definition) is 2. The summed E-state index contributed by atoms with van der Waals surface area (Å²) in [6.07, 6.45) is 4.49. The fourth-order valence-electron chi connectivity index (χ4n) is 2.86. The van der Waals surface area contributed by atoms with E-state index in [0.29, 0.717) is 18.4 Å². The number of carboxylic acids is 1. The first-order chi connectivity index (χ1) is 9.47. The van der Waals surface area contributed by atoms with Gasteiger partial charge in [-0.05, 0) is 36.8 Å². The van der Waals surface area contributed by atoms with Crippen LogP contribution in [0.2, 0.25) is 0 Å². The van der Waals surface area contributed by atoms with Gasteiger partial charge in [-0.2, -0.15) is 0 Å². The Balaban J connectivity index is 2.04. The summed E-state index contributed by atoms with van der Waals surface area (Å²) in [5.41, 5.74) is -0.606. The van der Waals surface area contributed by atoms with Crippen LogP contribution in [-0.4, -0.2) is 17.6 Å². The van der Waals surface area contributed by atoms with Crippen molar-refractivity contribution in [1.82, 2.24) is 0 Å². The van der Waals surface area contributed by atoms with E-state index in [0.717, 1.165) is 31.4 Å². The zero-order chi connectivity index (χ0) is 14.7. The van der Waals surface area contributed by atoms with Gasteiger partial charge in [0.05, 0.1) is 5.56 Å².